The molecule has 3 rings (SSSR count). The summed E-state index contributed by atoms with van der Waals surface area (Å²) in [5.41, 5.74) is -3.02. The molecule has 13 heteroatoms. The number of alkyl carbamates (subject to hydrolysis) is 1. The number of hydrogen-bond donors (Lipinski definition) is 4. The molecule has 3 amide bonds. The second-order valence-corrected chi connectivity index (χ2v) is 9.36. The smallest absolute Gasteiger partial charge is 0.417 e. The molecule has 0 bridgehead atoms. The van der Waals surface area contributed by atoms with E-state index in [0.717, 1.165) is 24.3 Å². The Labute approximate surface area is 231 Å². The number of hydrogen-bond acceptors (Lipinski definition) is 6. The fourth-order valence-electron chi connectivity index (χ4n) is 3.24. The molecule has 2 aromatic carbocycles. The molecule has 0 aliphatic carbocycles. The number of guanidine groups is 1. The van der Waals surface area contributed by atoms with Crippen LogP contribution >= 0.6 is 0 Å². The zero-order valence-corrected chi connectivity index (χ0v) is 21.9. The third kappa shape index (κ3) is 9.17. The fourth-order valence-corrected chi connectivity index (χ4v) is 3.24. The van der Waals surface area contributed by atoms with E-state index in [9.17, 15) is 31.9 Å². The Morgan fingerprint density at radius 2 is 1.61 bits per heavy atom. The molecular weight excluding hydrogens is 546 g/mol. The number of nitrogens with zero attached hydrogens (tertiary/aromatic N) is 1. The van der Waals surface area contributed by atoms with Crippen molar-refractivity contribution in [1.82, 2.24) is 15.6 Å². The maximum absolute atomic E-state index is 14.2. The molecule has 0 aliphatic heterocycles. The average Bonchev–Trinajstić information content (AvgIpc) is 2.85. The van der Waals surface area contributed by atoms with E-state index in [2.05, 4.69) is 27.5 Å². The molecule has 1 heterocycles. The topological polar surface area (TPSA) is 133 Å². The van der Waals surface area contributed by atoms with Crippen LogP contribution in [0, 0.1) is 23.1 Å². The number of benzene rings is 2. The van der Waals surface area contributed by atoms with Gasteiger partial charge in [0.2, 0.25) is 5.96 Å². The highest BCUT2D eigenvalue weighted by Gasteiger charge is 2.35. The molecular formula is C28H23F4N5O4. The van der Waals surface area contributed by atoms with E-state index < -0.39 is 52.6 Å². The number of alkyl halides is 3. The fraction of sp³-hybridized carbons (Fsp3) is 0.179. The Kier molecular flexibility index (Phi) is 9.08. The van der Waals surface area contributed by atoms with Crippen molar-refractivity contribution < 1.29 is 36.7 Å². The van der Waals surface area contributed by atoms with Crippen molar-refractivity contribution in [2.24, 2.45) is 0 Å². The third-order valence-electron chi connectivity index (χ3n) is 4.85. The molecule has 212 valence electrons. The van der Waals surface area contributed by atoms with Crippen LogP contribution < -0.4 is 16.0 Å². The number of nitrogens with one attached hydrogen (secondary N) is 4. The molecule has 4 N–H and O–H groups in total. The first-order valence-corrected chi connectivity index (χ1v) is 11.8. The first kappa shape index (κ1) is 30.3. The summed E-state index contributed by atoms with van der Waals surface area (Å²) in [5.74, 6) is 1.55. The van der Waals surface area contributed by atoms with Crippen LogP contribution in [0.1, 0.15) is 58.2 Å². The molecule has 41 heavy (non-hydrogen) atoms. The number of carbonyl (C=O) groups excluding carboxylic acids is 3. The molecule has 0 atom stereocenters. The molecule has 0 radical (unpaired) electrons. The van der Waals surface area contributed by atoms with Gasteiger partial charge in [-0.1, -0.05) is 17.9 Å². The van der Waals surface area contributed by atoms with Gasteiger partial charge in [0.15, 0.2) is 0 Å². The minimum atomic E-state index is -4.83. The molecule has 9 nitrogen and oxygen atoms in total. The van der Waals surface area contributed by atoms with Gasteiger partial charge < -0.3 is 10.1 Å². The maximum atomic E-state index is 14.2. The lowest BCUT2D eigenvalue weighted by molar-refractivity contribution is -0.137. The summed E-state index contributed by atoms with van der Waals surface area (Å²) >= 11 is 0. The van der Waals surface area contributed by atoms with Crippen LogP contribution in [0.3, 0.4) is 0 Å². The van der Waals surface area contributed by atoms with Gasteiger partial charge in [-0.3, -0.25) is 25.6 Å². The van der Waals surface area contributed by atoms with Crippen LogP contribution in [0.2, 0.25) is 0 Å². The van der Waals surface area contributed by atoms with E-state index >= 15 is 0 Å². The number of halogens is 4. The third-order valence-corrected chi connectivity index (χ3v) is 4.85. The van der Waals surface area contributed by atoms with Crippen LogP contribution in [-0.2, 0) is 10.9 Å². The lowest BCUT2D eigenvalue weighted by atomic mass is 10.0. The second kappa shape index (κ2) is 12.3. The van der Waals surface area contributed by atoms with Crippen molar-refractivity contribution in [2.75, 3.05) is 5.32 Å². The number of anilines is 1. The summed E-state index contributed by atoms with van der Waals surface area (Å²) in [5, 5.41) is 14.1. The van der Waals surface area contributed by atoms with Crippen LogP contribution in [0.4, 0.5) is 28.2 Å². The summed E-state index contributed by atoms with van der Waals surface area (Å²) in [6, 6.07) is 10.2. The van der Waals surface area contributed by atoms with Crippen molar-refractivity contribution in [3.05, 3.63) is 94.4 Å². The van der Waals surface area contributed by atoms with Crippen molar-refractivity contribution in [2.45, 2.75) is 32.5 Å². The first-order chi connectivity index (χ1) is 19.1. The number of pyridine rings is 1. The van der Waals surface area contributed by atoms with Gasteiger partial charge in [0, 0.05) is 22.9 Å². The van der Waals surface area contributed by atoms with E-state index in [0.29, 0.717) is 6.07 Å². The number of carbonyl (C=O) groups is 3. The highest BCUT2D eigenvalue weighted by Crippen LogP contribution is 2.32. The van der Waals surface area contributed by atoms with Gasteiger partial charge in [-0.05, 0) is 69.3 Å². The zero-order chi connectivity index (χ0) is 30.4. The number of rotatable bonds is 3. The van der Waals surface area contributed by atoms with Crippen LogP contribution in [0.25, 0.3) is 0 Å². The molecule has 0 aliphatic rings. The van der Waals surface area contributed by atoms with Crippen molar-refractivity contribution in [3.63, 3.8) is 0 Å². The van der Waals surface area contributed by atoms with Crippen LogP contribution in [-0.4, -0.2) is 34.5 Å². The van der Waals surface area contributed by atoms with Gasteiger partial charge in [-0.15, -0.1) is 0 Å². The minimum Gasteiger partial charge on any atom is -0.444 e. The number of ether oxygens (including phenoxy) is 1. The lowest BCUT2D eigenvalue weighted by Gasteiger charge is -2.19. The molecule has 0 spiro atoms. The predicted molar refractivity (Wildman–Crippen MR) is 141 cm³/mol. The van der Waals surface area contributed by atoms with Gasteiger partial charge >= 0.3 is 12.3 Å². The lowest BCUT2D eigenvalue weighted by Crippen LogP contribution is -2.45. The van der Waals surface area contributed by atoms with Gasteiger partial charge in [0.05, 0.1) is 11.1 Å². The quantitative estimate of drug-likeness (QED) is 0.151. The summed E-state index contributed by atoms with van der Waals surface area (Å²) < 4.78 is 59.9. The van der Waals surface area contributed by atoms with E-state index in [1.807, 2.05) is 5.32 Å². The van der Waals surface area contributed by atoms with E-state index in [4.69, 9.17) is 10.1 Å². The largest absolute Gasteiger partial charge is 0.444 e. The van der Waals surface area contributed by atoms with Crippen molar-refractivity contribution in [3.8, 4) is 11.8 Å². The Balaban J connectivity index is 1.83. The monoisotopic (exact) mass is 569 g/mol. The maximum Gasteiger partial charge on any atom is 0.417 e. The summed E-state index contributed by atoms with van der Waals surface area (Å²) in [6.45, 7) is 4.81. The minimum absolute atomic E-state index is 0.00257. The summed E-state index contributed by atoms with van der Waals surface area (Å²) in [4.78, 5) is 40.8. The first-order valence-electron chi connectivity index (χ1n) is 11.8. The van der Waals surface area contributed by atoms with Gasteiger partial charge in [-0.25, -0.2) is 14.2 Å². The van der Waals surface area contributed by atoms with Gasteiger partial charge in [0.1, 0.15) is 17.2 Å². The van der Waals surface area contributed by atoms with E-state index in [1.165, 1.54) is 18.3 Å². The average molecular weight is 570 g/mol. The standard InChI is InChI=1S/C28H23F4N5O4/c1-27(2,3)41-26(40)37-25(33)36-23(38)18-12-17(13-19(29)15-18)8-7-16-9-10-21(28(30,31)32)20(14-16)24(39)35-22-6-4-5-11-34-22/h4-6,9-15H,1-3H3,(H,34,35,39)(H3,33,36,37,38,40). The molecule has 3 aromatic rings. The Morgan fingerprint density at radius 1 is 0.902 bits per heavy atom. The molecule has 1 aromatic heterocycles. The highest BCUT2D eigenvalue weighted by atomic mass is 19.4. The Bertz CT molecular complexity index is 1560. The van der Waals surface area contributed by atoms with Gasteiger partial charge in [-0.2, -0.15) is 13.2 Å². The van der Waals surface area contributed by atoms with Crippen LogP contribution in [0.15, 0.2) is 60.8 Å². The normalized spacial score (nSPS) is 11.0. The molecule has 0 saturated carbocycles. The number of amides is 3. The SMILES string of the molecule is CC(C)(C)OC(=O)NC(=N)NC(=O)c1cc(F)cc(C#Cc2ccc(C(F)(F)F)c(C(=O)Nc3ccccn3)c2)c1. The summed E-state index contributed by atoms with van der Waals surface area (Å²) in [6.07, 6.45) is -4.46. The Hall–Kier alpha value is -5.25. The van der Waals surface area contributed by atoms with Crippen molar-refractivity contribution >= 4 is 29.7 Å². The zero-order valence-electron chi connectivity index (χ0n) is 21.9. The molecule has 0 saturated heterocycles. The van der Waals surface area contributed by atoms with Crippen molar-refractivity contribution in [1.29, 1.82) is 5.41 Å². The molecule has 0 unspecified atom stereocenters. The van der Waals surface area contributed by atoms with Gasteiger partial charge in [0.25, 0.3) is 11.8 Å². The number of aromatic nitrogens is 1. The second-order valence-electron chi connectivity index (χ2n) is 9.36. The van der Waals surface area contributed by atoms with Crippen LogP contribution in [0.5, 0.6) is 0 Å². The predicted octanol–water partition coefficient (Wildman–Crippen LogP) is 5.08. The van der Waals surface area contributed by atoms with E-state index in [1.54, 1.807) is 32.9 Å². The summed E-state index contributed by atoms with van der Waals surface area (Å²) in [7, 11) is 0. The molecule has 0 fully saturated rings. The van der Waals surface area contributed by atoms with E-state index in [-0.39, 0.29) is 22.5 Å². The Morgan fingerprint density at radius 3 is 2.24 bits per heavy atom. The highest BCUT2D eigenvalue weighted by molar-refractivity contribution is 6.08.